The molecule has 1 amide bonds. The first kappa shape index (κ1) is 22.1. The number of hydrogen-bond donors (Lipinski definition) is 2. The van der Waals surface area contributed by atoms with Crippen molar-refractivity contribution < 1.29 is 4.79 Å². The van der Waals surface area contributed by atoms with E-state index in [4.69, 9.17) is 9.97 Å². The lowest BCUT2D eigenvalue weighted by Gasteiger charge is -2.34. The quantitative estimate of drug-likeness (QED) is 0.536. The van der Waals surface area contributed by atoms with Gasteiger partial charge in [0.25, 0.3) is 0 Å². The molecule has 2 N–H and O–H groups in total. The van der Waals surface area contributed by atoms with E-state index in [9.17, 15) is 4.79 Å². The van der Waals surface area contributed by atoms with Gasteiger partial charge in [-0.25, -0.2) is 4.98 Å². The van der Waals surface area contributed by atoms with Crippen LogP contribution in [0.4, 0.5) is 23.1 Å². The number of carbonyl (C=O) groups is 1. The van der Waals surface area contributed by atoms with E-state index in [0.717, 1.165) is 56.0 Å². The predicted octanol–water partition coefficient (Wildman–Crippen LogP) is 1.74. The van der Waals surface area contributed by atoms with Gasteiger partial charge in [-0.1, -0.05) is 6.58 Å². The maximum atomic E-state index is 11.7. The smallest absolute Gasteiger partial charge is 0.243 e. The summed E-state index contributed by atoms with van der Waals surface area (Å²) in [5, 5.41) is 6.42. The van der Waals surface area contributed by atoms with Crippen LogP contribution in [0, 0.1) is 0 Å². The molecule has 2 aliphatic heterocycles. The molecule has 2 saturated heterocycles. The van der Waals surface area contributed by atoms with Gasteiger partial charge in [0.15, 0.2) is 17.0 Å². The number of fused-ring (bicyclic) bond motifs is 1. The average Bonchev–Trinajstić information content (AvgIpc) is 3.47. The largest absolute Gasteiger partial charge is 0.369 e. The molecule has 10 nitrogen and oxygen atoms in total. The van der Waals surface area contributed by atoms with Gasteiger partial charge in [0.1, 0.15) is 0 Å². The number of amides is 1. The van der Waals surface area contributed by atoms with Crippen molar-refractivity contribution in [2.45, 2.75) is 12.5 Å². The Labute approximate surface area is 199 Å². The van der Waals surface area contributed by atoms with E-state index >= 15 is 0 Å². The van der Waals surface area contributed by atoms with Crippen LogP contribution in [0.2, 0.25) is 0 Å². The summed E-state index contributed by atoms with van der Waals surface area (Å²) in [6, 6.07) is 8.52. The zero-order chi connectivity index (χ0) is 23.7. The maximum absolute atomic E-state index is 11.7. The first-order valence-electron chi connectivity index (χ1n) is 11.7. The number of rotatable bonds is 6. The highest BCUT2D eigenvalue weighted by Crippen LogP contribution is 2.28. The second-order valence-electron chi connectivity index (χ2n) is 9.01. The molecular formula is C24H31N9O. The molecule has 2 aromatic heterocycles. The summed E-state index contributed by atoms with van der Waals surface area (Å²) >= 11 is 0. The Bertz CT molecular complexity index is 1180. The monoisotopic (exact) mass is 461 g/mol. The number of carbonyl (C=O) groups excluding carboxylic acids is 1. The molecule has 10 heteroatoms. The zero-order valence-electron chi connectivity index (χ0n) is 19.7. The molecule has 0 radical (unpaired) electrons. The number of aryl methyl sites for hydroxylation is 1. The Morgan fingerprint density at radius 2 is 1.82 bits per heavy atom. The van der Waals surface area contributed by atoms with Crippen LogP contribution >= 0.6 is 0 Å². The number of piperazine rings is 1. The molecule has 0 aliphatic carbocycles. The highest BCUT2D eigenvalue weighted by Gasteiger charge is 2.26. The van der Waals surface area contributed by atoms with Gasteiger partial charge in [-0.3, -0.25) is 4.79 Å². The molecule has 1 unspecified atom stereocenters. The summed E-state index contributed by atoms with van der Waals surface area (Å²) < 4.78 is 1.90. The van der Waals surface area contributed by atoms with Crippen LogP contribution in [-0.2, 0) is 11.8 Å². The van der Waals surface area contributed by atoms with Crippen molar-refractivity contribution in [2.75, 3.05) is 61.4 Å². The molecule has 1 aromatic carbocycles. The molecule has 0 saturated carbocycles. The normalized spacial score (nSPS) is 18.9. The molecule has 4 heterocycles. The van der Waals surface area contributed by atoms with E-state index < -0.39 is 0 Å². The SMILES string of the molecule is C=CC(=O)NC1CCN(c2nc(Nc3ccc(N4CCN(C)CC4)cc3)c3ncn(C)c3n2)C1. The second kappa shape index (κ2) is 9.30. The number of likely N-dealkylation sites (N-methyl/N-ethyl adjacent to an activating group) is 1. The summed E-state index contributed by atoms with van der Waals surface area (Å²) in [6.07, 6.45) is 3.89. The van der Waals surface area contributed by atoms with E-state index in [1.165, 1.54) is 11.8 Å². The molecule has 1 atom stereocenters. The fraction of sp³-hybridized carbons (Fsp3) is 0.417. The Balaban J connectivity index is 1.36. The number of aromatic nitrogens is 4. The standard InChI is InChI=1S/C24H31N9O/c1-4-20(34)26-18-9-10-33(15-18)24-28-22(21-23(29-24)31(3)16-25-21)27-17-5-7-19(8-6-17)32-13-11-30(2)12-14-32/h4-8,16,18H,1,9-15H2,2-3H3,(H,26,34)(H,27,28,29). The molecule has 5 rings (SSSR count). The summed E-state index contributed by atoms with van der Waals surface area (Å²) in [7, 11) is 4.09. The van der Waals surface area contributed by atoms with E-state index in [2.05, 4.69) is 68.2 Å². The number of nitrogens with zero attached hydrogens (tertiary/aromatic N) is 7. The van der Waals surface area contributed by atoms with Gasteiger partial charge in [-0.05, 0) is 43.8 Å². The van der Waals surface area contributed by atoms with Gasteiger partial charge in [-0.15, -0.1) is 0 Å². The van der Waals surface area contributed by atoms with Crippen LogP contribution < -0.4 is 20.4 Å². The molecular weight excluding hydrogens is 430 g/mol. The molecule has 2 aliphatic rings. The number of hydrogen-bond acceptors (Lipinski definition) is 8. The van der Waals surface area contributed by atoms with Gasteiger partial charge in [-0.2, -0.15) is 9.97 Å². The first-order chi connectivity index (χ1) is 16.5. The Kier molecular flexibility index (Phi) is 6.06. The predicted molar refractivity (Wildman–Crippen MR) is 135 cm³/mol. The highest BCUT2D eigenvalue weighted by atomic mass is 16.1. The van der Waals surface area contributed by atoms with Crippen molar-refractivity contribution in [1.82, 2.24) is 29.7 Å². The Morgan fingerprint density at radius 3 is 2.56 bits per heavy atom. The molecule has 3 aromatic rings. The van der Waals surface area contributed by atoms with Crippen molar-refractivity contribution >= 4 is 40.2 Å². The molecule has 34 heavy (non-hydrogen) atoms. The lowest BCUT2D eigenvalue weighted by Crippen LogP contribution is -2.44. The third kappa shape index (κ3) is 4.54. The summed E-state index contributed by atoms with van der Waals surface area (Å²) in [4.78, 5) is 32.7. The van der Waals surface area contributed by atoms with Gasteiger partial charge in [0.05, 0.1) is 6.33 Å². The fourth-order valence-corrected chi connectivity index (χ4v) is 4.50. The van der Waals surface area contributed by atoms with Crippen LogP contribution in [0.1, 0.15) is 6.42 Å². The van der Waals surface area contributed by atoms with Crippen molar-refractivity contribution in [3.8, 4) is 0 Å². The van der Waals surface area contributed by atoms with Gasteiger partial charge in [0.2, 0.25) is 11.9 Å². The Morgan fingerprint density at radius 1 is 1.06 bits per heavy atom. The minimum absolute atomic E-state index is 0.0508. The number of nitrogens with one attached hydrogen (secondary N) is 2. The van der Waals surface area contributed by atoms with Crippen LogP contribution in [0.25, 0.3) is 11.2 Å². The van der Waals surface area contributed by atoms with E-state index in [-0.39, 0.29) is 11.9 Å². The highest BCUT2D eigenvalue weighted by molar-refractivity contribution is 5.88. The molecule has 2 fully saturated rings. The summed E-state index contributed by atoms with van der Waals surface area (Å²) in [5.74, 6) is 1.15. The van der Waals surface area contributed by atoms with E-state index in [1.54, 1.807) is 6.33 Å². The lowest BCUT2D eigenvalue weighted by atomic mass is 10.2. The second-order valence-corrected chi connectivity index (χ2v) is 9.01. The topological polar surface area (TPSA) is 94.5 Å². The van der Waals surface area contributed by atoms with Crippen LogP contribution in [0.3, 0.4) is 0 Å². The minimum Gasteiger partial charge on any atom is -0.369 e. The number of anilines is 4. The molecule has 0 spiro atoms. The average molecular weight is 462 g/mol. The third-order valence-electron chi connectivity index (χ3n) is 6.55. The van der Waals surface area contributed by atoms with E-state index in [1.807, 2.05) is 11.6 Å². The number of benzene rings is 1. The lowest BCUT2D eigenvalue weighted by molar-refractivity contribution is -0.117. The van der Waals surface area contributed by atoms with Crippen molar-refractivity contribution in [2.24, 2.45) is 7.05 Å². The van der Waals surface area contributed by atoms with E-state index in [0.29, 0.717) is 18.3 Å². The van der Waals surface area contributed by atoms with Gasteiger partial charge < -0.3 is 29.9 Å². The van der Waals surface area contributed by atoms with Crippen LogP contribution in [0.5, 0.6) is 0 Å². The third-order valence-corrected chi connectivity index (χ3v) is 6.55. The maximum Gasteiger partial charge on any atom is 0.243 e. The molecule has 0 bridgehead atoms. The van der Waals surface area contributed by atoms with Gasteiger partial charge >= 0.3 is 0 Å². The minimum atomic E-state index is -0.155. The zero-order valence-corrected chi connectivity index (χ0v) is 19.7. The molecule has 178 valence electrons. The van der Waals surface area contributed by atoms with Crippen LogP contribution in [0.15, 0.2) is 43.2 Å². The summed E-state index contributed by atoms with van der Waals surface area (Å²) in [6.45, 7) is 9.19. The van der Waals surface area contributed by atoms with Crippen molar-refractivity contribution in [1.29, 1.82) is 0 Å². The first-order valence-corrected chi connectivity index (χ1v) is 11.7. The van der Waals surface area contributed by atoms with Crippen LogP contribution in [-0.4, -0.2) is 82.7 Å². The van der Waals surface area contributed by atoms with Gasteiger partial charge in [0, 0.05) is 63.7 Å². The fourth-order valence-electron chi connectivity index (χ4n) is 4.50. The summed E-state index contributed by atoms with van der Waals surface area (Å²) in [5.41, 5.74) is 3.67. The van der Waals surface area contributed by atoms with Crippen molar-refractivity contribution in [3.05, 3.63) is 43.2 Å². The number of imidazole rings is 1. The van der Waals surface area contributed by atoms with Crippen molar-refractivity contribution in [3.63, 3.8) is 0 Å². The Hall–Kier alpha value is -3.66.